The van der Waals surface area contributed by atoms with Crippen molar-refractivity contribution >= 4 is 5.91 Å². The van der Waals surface area contributed by atoms with E-state index in [1.807, 2.05) is 6.92 Å². The van der Waals surface area contributed by atoms with Crippen molar-refractivity contribution in [3.05, 3.63) is 0 Å². The quantitative estimate of drug-likeness (QED) is 0.784. The highest BCUT2D eigenvalue weighted by atomic mass is 16.5. The number of amides is 1. The maximum Gasteiger partial charge on any atom is 0.249 e. The van der Waals surface area contributed by atoms with Gasteiger partial charge in [0.2, 0.25) is 5.91 Å². The molecule has 0 aliphatic carbocycles. The van der Waals surface area contributed by atoms with Gasteiger partial charge in [0.25, 0.3) is 0 Å². The van der Waals surface area contributed by atoms with Crippen LogP contribution in [0.3, 0.4) is 0 Å². The lowest BCUT2D eigenvalue weighted by molar-refractivity contribution is -0.131. The first-order valence-electron chi connectivity index (χ1n) is 6.46. The minimum Gasteiger partial charge on any atom is -0.365 e. The first-order valence-corrected chi connectivity index (χ1v) is 6.46. The van der Waals surface area contributed by atoms with Crippen LogP contribution in [0.2, 0.25) is 0 Å². The third-order valence-corrected chi connectivity index (χ3v) is 2.94. The molecular weight excluding hydrogens is 216 g/mol. The third-order valence-electron chi connectivity index (χ3n) is 2.94. The number of nitrogens with one attached hydrogen (secondary N) is 1. The van der Waals surface area contributed by atoms with Gasteiger partial charge in [-0.05, 0) is 31.6 Å². The summed E-state index contributed by atoms with van der Waals surface area (Å²) in [6.07, 6.45) is 2.61. The highest BCUT2D eigenvalue weighted by Crippen LogP contribution is 2.20. The van der Waals surface area contributed by atoms with E-state index in [0.717, 1.165) is 19.3 Å². The van der Waals surface area contributed by atoms with Crippen LogP contribution < -0.4 is 11.1 Å². The highest BCUT2D eigenvalue weighted by Gasteiger charge is 2.28. The smallest absolute Gasteiger partial charge is 0.249 e. The molecule has 4 nitrogen and oxygen atoms in total. The fourth-order valence-corrected chi connectivity index (χ4v) is 2.20. The van der Waals surface area contributed by atoms with Crippen LogP contribution in [0.25, 0.3) is 0 Å². The summed E-state index contributed by atoms with van der Waals surface area (Å²) < 4.78 is 5.50. The zero-order valence-electron chi connectivity index (χ0n) is 11.5. The van der Waals surface area contributed by atoms with Gasteiger partial charge in [0.1, 0.15) is 6.10 Å². The number of rotatable bonds is 4. The zero-order valence-corrected chi connectivity index (χ0v) is 11.5. The number of hydrogen-bond acceptors (Lipinski definition) is 3. The number of carbonyl (C=O) groups is 1. The number of hydrogen-bond donors (Lipinski definition) is 2. The molecule has 3 N–H and O–H groups in total. The monoisotopic (exact) mass is 242 g/mol. The lowest BCUT2D eigenvalue weighted by atomic mass is 9.88. The van der Waals surface area contributed by atoms with Crippen molar-refractivity contribution in [2.45, 2.75) is 65.2 Å². The molecule has 1 saturated heterocycles. The molecule has 0 spiro atoms. The second kappa shape index (κ2) is 5.83. The molecule has 17 heavy (non-hydrogen) atoms. The second-order valence-corrected chi connectivity index (χ2v) is 6.28. The molecule has 1 amide bonds. The molecular formula is C13H26N2O2. The minimum atomic E-state index is -0.271. The molecule has 4 heteroatoms. The van der Waals surface area contributed by atoms with E-state index >= 15 is 0 Å². The molecule has 0 saturated carbocycles. The van der Waals surface area contributed by atoms with Crippen LogP contribution in [0.5, 0.6) is 0 Å². The molecule has 1 aliphatic rings. The highest BCUT2D eigenvalue weighted by molar-refractivity contribution is 5.81. The van der Waals surface area contributed by atoms with Gasteiger partial charge in [-0.2, -0.15) is 0 Å². The van der Waals surface area contributed by atoms with Crippen molar-refractivity contribution < 1.29 is 9.53 Å². The van der Waals surface area contributed by atoms with Crippen LogP contribution in [-0.2, 0) is 9.53 Å². The fraction of sp³-hybridized carbons (Fsp3) is 0.923. The maximum atomic E-state index is 11.8. The molecule has 3 unspecified atom stereocenters. The summed E-state index contributed by atoms with van der Waals surface area (Å²) in [5.41, 5.74) is 6.18. The van der Waals surface area contributed by atoms with Crippen LogP contribution in [-0.4, -0.2) is 30.7 Å². The molecule has 100 valence electrons. The van der Waals surface area contributed by atoms with Gasteiger partial charge in [-0.3, -0.25) is 4.79 Å². The summed E-state index contributed by atoms with van der Waals surface area (Å²) in [5, 5.41) is 2.88. The van der Waals surface area contributed by atoms with Gasteiger partial charge in [0, 0.05) is 12.6 Å². The van der Waals surface area contributed by atoms with Crippen molar-refractivity contribution in [3.8, 4) is 0 Å². The Morgan fingerprint density at radius 2 is 2.12 bits per heavy atom. The van der Waals surface area contributed by atoms with E-state index in [4.69, 9.17) is 10.5 Å². The van der Waals surface area contributed by atoms with Crippen molar-refractivity contribution in [2.75, 3.05) is 6.54 Å². The summed E-state index contributed by atoms with van der Waals surface area (Å²) in [5.74, 6) is -0.0151. The van der Waals surface area contributed by atoms with Gasteiger partial charge in [0.15, 0.2) is 0 Å². The standard InChI is InChI=1S/C13H26N2O2/c1-9-5-6-11(17-9)12(16)15-8-10(14)7-13(2,3)4/h9-11H,5-8,14H2,1-4H3,(H,15,16). The predicted molar refractivity (Wildman–Crippen MR) is 68.6 cm³/mol. The topological polar surface area (TPSA) is 64.4 Å². The van der Waals surface area contributed by atoms with Crippen LogP contribution in [0, 0.1) is 5.41 Å². The Kier molecular flexibility index (Phi) is 4.95. The van der Waals surface area contributed by atoms with E-state index in [-0.39, 0.29) is 29.6 Å². The summed E-state index contributed by atoms with van der Waals surface area (Å²) in [7, 11) is 0. The summed E-state index contributed by atoms with van der Waals surface area (Å²) >= 11 is 0. The zero-order chi connectivity index (χ0) is 13.1. The molecule has 0 aromatic heterocycles. The average Bonchev–Trinajstić information content (AvgIpc) is 2.58. The molecule has 0 bridgehead atoms. The van der Waals surface area contributed by atoms with Crippen LogP contribution in [0.15, 0.2) is 0 Å². The Bertz CT molecular complexity index is 261. The lowest BCUT2D eigenvalue weighted by Crippen LogP contribution is -2.43. The Hall–Kier alpha value is -0.610. The average molecular weight is 242 g/mol. The molecule has 0 aromatic carbocycles. The Balaban J connectivity index is 2.24. The molecule has 3 atom stereocenters. The first-order chi connectivity index (χ1) is 7.78. The van der Waals surface area contributed by atoms with Crippen LogP contribution in [0.1, 0.15) is 47.0 Å². The minimum absolute atomic E-state index is 0.0118. The van der Waals surface area contributed by atoms with Gasteiger partial charge in [-0.25, -0.2) is 0 Å². The van der Waals surface area contributed by atoms with E-state index < -0.39 is 0 Å². The molecule has 0 aromatic rings. The molecule has 1 aliphatic heterocycles. The van der Waals surface area contributed by atoms with E-state index in [1.54, 1.807) is 0 Å². The lowest BCUT2D eigenvalue weighted by Gasteiger charge is -2.23. The molecule has 1 rings (SSSR count). The second-order valence-electron chi connectivity index (χ2n) is 6.28. The third kappa shape index (κ3) is 5.50. The maximum absolute atomic E-state index is 11.8. The fourth-order valence-electron chi connectivity index (χ4n) is 2.20. The first kappa shape index (κ1) is 14.5. The molecule has 0 radical (unpaired) electrons. The Morgan fingerprint density at radius 1 is 1.47 bits per heavy atom. The van der Waals surface area contributed by atoms with E-state index in [1.165, 1.54) is 0 Å². The van der Waals surface area contributed by atoms with E-state index in [9.17, 15) is 4.79 Å². The van der Waals surface area contributed by atoms with Crippen molar-refractivity contribution in [3.63, 3.8) is 0 Å². The normalized spacial score (nSPS) is 26.9. The Labute approximate surface area is 104 Å². The van der Waals surface area contributed by atoms with E-state index in [2.05, 4.69) is 26.1 Å². The number of nitrogens with two attached hydrogens (primary N) is 1. The van der Waals surface area contributed by atoms with Gasteiger partial charge in [-0.15, -0.1) is 0 Å². The summed E-state index contributed by atoms with van der Waals surface area (Å²) in [4.78, 5) is 11.8. The SMILES string of the molecule is CC1CCC(C(=O)NCC(N)CC(C)(C)C)O1. The van der Waals surface area contributed by atoms with Gasteiger partial charge in [-0.1, -0.05) is 20.8 Å². The number of ether oxygens (including phenoxy) is 1. The van der Waals surface area contributed by atoms with Crippen LogP contribution in [0.4, 0.5) is 0 Å². The van der Waals surface area contributed by atoms with Crippen LogP contribution >= 0.6 is 0 Å². The van der Waals surface area contributed by atoms with Gasteiger partial charge in [0.05, 0.1) is 6.10 Å². The van der Waals surface area contributed by atoms with Crippen molar-refractivity contribution in [1.29, 1.82) is 0 Å². The van der Waals surface area contributed by atoms with E-state index in [0.29, 0.717) is 6.54 Å². The van der Waals surface area contributed by atoms with Gasteiger partial charge < -0.3 is 15.8 Å². The largest absolute Gasteiger partial charge is 0.365 e. The molecule has 1 fully saturated rings. The summed E-state index contributed by atoms with van der Waals surface area (Å²) in [6.45, 7) is 8.98. The van der Waals surface area contributed by atoms with Gasteiger partial charge >= 0.3 is 0 Å². The number of carbonyl (C=O) groups excluding carboxylic acids is 1. The van der Waals surface area contributed by atoms with Crippen molar-refractivity contribution in [1.82, 2.24) is 5.32 Å². The Morgan fingerprint density at radius 3 is 2.59 bits per heavy atom. The molecule has 1 heterocycles. The summed E-state index contributed by atoms with van der Waals surface area (Å²) in [6, 6.07) is 0.0118. The van der Waals surface area contributed by atoms with Crippen molar-refractivity contribution in [2.24, 2.45) is 11.1 Å². The predicted octanol–water partition coefficient (Wildman–Crippen LogP) is 1.43.